The summed E-state index contributed by atoms with van der Waals surface area (Å²) >= 11 is 7.50. The van der Waals surface area contributed by atoms with Gasteiger partial charge in [-0.3, -0.25) is 0 Å². The number of thioether (sulfide) groups is 1. The molecule has 18 heavy (non-hydrogen) atoms. The Hall–Kier alpha value is -0.935. The minimum atomic E-state index is -1.41. The second kappa shape index (κ2) is 6.30. The van der Waals surface area contributed by atoms with Crippen LogP contribution in [0.2, 0.25) is 5.02 Å². The SMILES string of the molecule is OB(O)c1cccc(CSc2ccc(Cl)cc2)c1. The highest BCUT2D eigenvalue weighted by Gasteiger charge is 2.10. The van der Waals surface area contributed by atoms with E-state index in [-0.39, 0.29) is 0 Å². The van der Waals surface area contributed by atoms with Crippen LogP contribution in [0.3, 0.4) is 0 Å². The van der Waals surface area contributed by atoms with Crippen LogP contribution in [-0.4, -0.2) is 17.2 Å². The first-order valence-electron chi connectivity index (χ1n) is 5.48. The lowest BCUT2D eigenvalue weighted by atomic mass is 9.80. The van der Waals surface area contributed by atoms with Crippen molar-refractivity contribution in [2.24, 2.45) is 0 Å². The zero-order chi connectivity index (χ0) is 13.0. The van der Waals surface area contributed by atoms with E-state index in [1.165, 1.54) is 0 Å². The average Bonchev–Trinajstić information content (AvgIpc) is 2.38. The van der Waals surface area contributed by atoms with Crippen molar-refractivity contribution in [1.82, 2.24) is 0 Å². The maximum absolute atomic E-state index is 9.10. The monoisotopic (exact) mass is 278 g/mol. The molecule has 0 fully saturated rings. The third-order valence-electron chi connectivity index (χ3n) is 2.47. The van der Waals surface area contributed by atoms with Gasteiger partial charge in [-0.05, 0) is 35.3 Å². The van der Waals surface area contributed by atoms with Gasteiger partial charge in [0.05, 0.1) is 0 Å². The Labute approximate surface area is 116 Å². The van der Waals surface area contributed by atoms with Gasteiger partial charge in [-0.25, -0.2) is 0 Å². The van der Waals surface area contributed by atoms with Gasteiger partial charge in [-0.15, -0.1) is 11.8 Å². The zero-order valence-electron chi connectivity index (χ0n) is 9.58. The topological polar surface area (TPSA) is 40.5 Å². The number of hydrogen-bond acceptors (Lipinski definition) is 3. The molecule has 0 aliphatic carbocycles. The fourth-order valence-electron chi connectivity index (χ4n) is 1.54. The molecule has 0 heterocycles. The molecule has 5 heteroatoms. The Morgan fingerprint density at radius 2 is 1.78 bits per heavy atom. The largest absolute Gasteiger partial charge is 0.488 e. The van der Waals surface area contributed by atoms with Crippen molar-refractivity contribution in [1.29, 1.82) is 0 Å². The Morgan fingerprint density at radius 3 is 2.44 bits per heavy atom. The first kappa shape index (κ1) is 13.5. The minimum absolute atomic E-state index is 0.518. The van der Waals surface area contributed by atoms with E-state index in [1.54, 1.807) is 23.9 Å². The lowest BCUT2D eigenvalue weighted by Gasteiger charge is -2.05. The van der Waals surface area contributed by atoms with Crippen LogP contribution >= 0.6 is 23.4 Å². The average molecular weight is 279 g/mol. The highest BCUT2D eigenvalue weighted by molar-refractivity contribution is 7.98. The number of benzene rings is 2. The summed E-state index contributed by atoms with van der Waals surface area (Å²) in [6.07, 6.45) is 0. The molecule has 0 atom stereocenters. The second-order valence-electron chi connectivity index (χ2n) is 3.86. The Balaban J connectivity index is 2.01. The molecule has 0 amide bonds. The highest BCUT2D eigenvalue weighted by atomic mass is 35.5. The molecule has 2 aromatic carbocycles. The maximum Gasteiger partial charge on any atom is 0.488 e. The highest BCUT2D eigenvalue weighted by Crippen LogP contribution is 2.23. The molecular weight excluding hydrogens is 266 g/mol. The molecule has 0 aliphatic heterocycles. The van der Waals surface area contributed by atoms with Crippen molar-refractivity contribution >= 4 is 35.9 Å². The van der Waals surface area contributed by atoms with E-state index < -0.39 is 7.12 Å². The van der Waals surface area contributed by atoms with Crippen molar-refractivity contribution in [3.63, 3.8) is 0 Å². The van der Waals surface area contributed by atoms with Crippen molar-refractivity contribution in [3.05, 3.63) is 59.1 Å². The number of hydrogen-bond donors (Lipinski definition) is 2. The number of rotatable bonds is 4. The summed E-state index contributed by atoms with van der Waals surface area (Å²) in [5.74, 6) is 0.780. The van der Waals surface area contributed by atoms with Gasteiger partial charge in [-0.2, -0.15) is 0 Å². The van der Waals surface area contributed by atoms with Crippen LogP contribution in [0.15, 0.2) is 53.4 Å². The number of halogens is 1. The van der Waals surface area contributed by atoms with Crippen molar-refractivity contribution in [2.75, 3.05) is 0 Å². The van der Waals surface area contributed by atoms with Gasteiger partial charge in [0.2, 0.25) is 0 Å². The van der Waals surface area contributed by atoms with Gasteiger partial charge in [-0.1, -0.05) is 35.9 Å². The van der Waals surface area contributed by atoms with E-state index in [9.17, 15) is 0 Å². The molecule has 0 radical (unpaired) electrons. The summed E-state index contributed by atoms with van der Waals surface area (Å²) in [5, 5.41) is 18.9. The molecular formula is C13H12BClO2S. The molecule has 92 valence electrons. The molecule has 0 bridgehead atoms. The molecule has 2 rings (SSSR count). The van der Waals surface area contributed by atoms with E-state index in [0.717, 1.165) is 21.2 Å². The molecule has 2 nitrogen and oxygen atoms in total. The van der Waals surface area contributed by atoms with Crippen LogP contribution < -0.4 is 5.46 Å². The normalized spacial score (nSPS) is 10.4. The molecule has 0 spiro atoms. The van der Waals surface area contributed by atoms with Gasteiger partial charge >= 0.3 is 7.12 Å². The summed E-state index contributed by atoms with van der Waals surface area (Å²) < 4.78 is 0. The van der Waals surface area contributed by atoms with Crippen molar-refractivity contribution in [3.8, 4) is 0 Å². The zero-order valence-corrected chi connectivity index (χ0v) is 11.2. The van der Waals surface area contributed by atoms with Crippen LogP contribution in [0.25, 0.3) is 0 Å². The maximum atomic E-state index is 9.10. The molecule has 2 aromatic rings. The third-order valence-corrected chi connectivity index (χ3v) is 3.80. The van der Waals surface area contributed by atoms with Gasteiger partial charge in [0.15, 0.2) is 0 Å². The quantitative estimate of drug-likeness (QED) is 0.666. The van der Waals surface area contributed by atoms with Crippen molar-refractivity contribution in [2.45, 2.75) is 10.6 Å². The third kappa shape index (κ3) is 3.78. The summed E-state index contributed by atoms with van der Waals surface area (Å²) in [4.78, 5) is 1.13. The lowest BCUT2D eigenvalue weighted by Crippen LogP contribution is -2.29. The van der Waals surface area contributed by atoms with Crippen LogP contribution in [0.5, 0.6) is 0 Å². The fourth-order valence-corrected chi connectivity index (χ4v) is 2.51. The Bertz CT molecular complexity index is 517. The van der Waals surface area contributed by atoms with Gasteiger partial charge < -0.3 is 10.0 Å². The summed E-state index contributed by atoms with van der Waals surface area (Å²) in [6, 6.07) is 14.9. The standard InChI is InChI=1S/C13H12BClO2S/c15-12-4-6-13(7-5-12)18-9-10-2-1-3-11(8-10)14(16)17/h1-8,16-17H,9H2. The molecule has 0 saturated carbocycles. The van der Waals surface area contributed by atoms with Crippen LogP contribution in [-0.2, 0) is 5.75 Å². The summed E-state index contributed by atoms with van der Waals surface area (Å²) in [6.45, 7) is 0. The molecule has 0 saturated heterocycles. The summed E-state index contributed by atoms with van der Waals surface area (Å²) in [7, 11) is -1.41. The molecule has 0 aliphatic rings. The van der Waals surface area contributed by atoms with E-state index >= 15 is 0 Å². The van der Waals surface area contributed by atoms with E-state index in [0.29, 0.717) is 5.46 Å². The predicted octanol–water partition coefficient (Wildman–Crippen LogP) is 2.31. The lowest BCUT2D eigenvalue weighted by molar-refractivity contribution is 0.425. The van der Waals surface area contributed by atoms with Crippen LogP contribution in [0.4, 0.5) is 0 Å². The summed E-state index contributed by atoms with van der Waals surface area (Å²) in [5.41, 5.74) is 1.57. The first-order chi connectivity index (χ1) is 8.65. The van der Waals surface area contributed by atoms with Gasteiger partial charge in [0, 0.05) is 15.7 Å². The second-order valence-corrected chi connectivity index (χ2v) is 5.35. The van der Waals surface area contributed by atoms with E-state index in [4.69, 9.17) is 21.6 Å². The van der Waals surface area contributed by atoms with Gasteiger partial charge in [0.1, 0.15) is 0 Å². The first-order valence-corrected chi connectivity index (χ1v) is 6.85. The van der Waals surface area contributed by atoms with E-state index in [2.05, 4.69) is 0 Å². The predicted molar refractivity (Wildman–Crippen MR) is 77.3 cm³/mol. The molecule has 2 N–H and O–H groups in total. The smallest absolute Gasteiger partial charge is 0.423 e. The fraction of sp³-hybridized carbons (Fsp3) is 0.0769. The molecule has 0 unspecified atom stereocenters. The van der Waals surface area contributed by atoms with E-state index in [1.807, 2.05) is 36.4 Å². The minimum Gasteiger partial charge on any atom is -0.423 e. The molecule has 0 aromatic heterocycles. The van der Waals surface area contributed by atoms with Crippen LogP contribution in [0, 0.1) is 0 Å². The van der Waals surface area contributed by atoms with Gasteiger partial charge in [0.25, 0.3) is 0 Å². The Morgan fingerprint density at radius 1 is 1.06 bits per heavy atom. The Kier molecular flexibility index (Phi) is 4.72. The van der Waals surface area contributed by atoms with Crippen molar-refractivity contribution < 1.29 is 10.0 Å². The van der Waals surface area contributed by atoms with Crippen LogP contribution in [0.1, 0.15) is 5.56 Å².